The van der Waals surface area contributed by atoms with E-state index in [2.05, 4.69) is 5.32 Å². The van der Waals surface area contributed by atoms with Gasteiger partial charge in [-0.3, -0.25) is 8.75 Å². The minimum atomic E-state index is 0.0293. The highest BCUT2D eigenvalue weighted by Crippen LogP contribution is 2.32. The number of hydrogen-bond acceptors (Lipinski definition) is 4. The molecule has 1 N–H and O–H groups in total. The van der Waals surface area contributed by atoms with Crippen LogP contribution in [0, 0.1) is 0 Å². The van der Waals surface area contributed by atoms with Crippen molar-refractivity contribution in [3.63, 3.8) is 0 Å². The van der Waals surface area contributed by atoms with Crippen LogP contribution in [0.25, 0.3) is 10.4 Å². The zero-order chi connectivity index (χ0) is 19.4. The number of methoxy groups -OCH3 is 1. The van der Waals surface area contributed by atoms with Crippen molar-refractivity contribution < 1.29 is 4.74 Å². The van der Waals surface area contributed by atoms with Gasteiger partial charge >= 0.3 is 0 Å². The fourth-order valence-electron chi connectivity index (χ4n) is 2.87. The lowest BCUT2D eigenvalue weighted by atomic mass is 10.1. The number of anilines is 1. The van der Waals surface area contributed by atoms with E-state index < -0.39 is 0 Å². The van der Waals surface area contributed by atoms with Crippen molar-refractivity contribution in [1.29, 1.82) is 0 Å². The lowest BCUT2D eigenvalue weighted by Crippen LogP contribution is -2.19. The van der Waals surface area contributed by atoms with Crippen LogP contribution in [-0.2, 0) is 6.42 Å². The Morgan fingerprint density at radius 2 is 1.93 bits per heavy atom. The topological polar surface area (TPSA) is 43.3 Å². The molecular weight excluding hydrogens is 380 g/mol. The average molecular weight is 403 g/mol. The molecule has 0 fully saturated rings. The van der Waals surface area contributed by atoms with E-state index in [-0.39, 0.29) is 11.6 Å². The second kappa shape index (κ2) is 8.63. The van der Waals surface area contributed by atoms with Crippen molar-refractivity contribution in [1.82, 2.24) is 3.96 Å². The molecule has 0 aliphatic carbocycles. The van der Waals surface area contributed by atoms with Crippen LogP contribution in [0.15, 0.2) is 53.3 Å². The smallest absolute Gasteiger partial charge is 0.284 e. The van der Waals surface area contributed by atoms with Crippen LogP contribution in [0.3, 0.4) is 0 Å². The van der Waals surface area contributed by atoms with Crippen molar-refractivity contribution in [2.75, 3.05) is 19.0 Å². The average Bonchev–Trinajstić information content (AvgIpc) is 2.99. The summed E-state index contributed by atoms with van der Waals surface area (Å²) in [6.07, 6.45) is 0.759. The molecule has 0 spiro atoms. The molecule has 3 rings (SSSR count). The molecule has 0 atom stereocenters. The molecule has 0 unspecified atom stereocenters. The van der Waals surface area contributed by atoms with Gasteiger partial charge in [0.15, 0.2) is 0 Å². The molecule has 0 bridgehead atoms. The van der Waals surface area contributed by atoms with E-state index in [4.69, 9.17) is 16.3 Å². The Labute approximate surface area is 168 Å². The molecule has 0 radical (unpaired) electrons. The molecule has 1 heterocycles. The molecule has 0 saturated heterocycles. The van der Waals surface area contributed by atoms with Crippen LogP contribution in [-0.4, -0.2) is 17.6 Å². The summed E-state index contributed by atoms with van der Waals surface area (Å²) in [5, 5.41) is 3.95. The molecule has 142 valence electrons. The first-order valence-electron chi connectivity index (χ1n) is 8.88. The highest BCUT2D eigenvalue weighted by atomic mass is 35.5. The van der Waals surface area contributed by atoms with Gasteiger partial charge in [0, 0.05) is 12.6 Å². The van der Waals surface area contributed by atoms with Crippen LogP contribution in [0.5, 0.6) is 5.75 Å². The molecular formula is C21H23ClN2O2S. The lowest BCUT2D eigenvalue weighted by Gasteiger charge is -2.08. The van der Waals surface area contributed by atoms with Crippen LogP contribution in [0.2, 0.25) is 5.02 Å². The SMILES string of the molecule is COc1ccc(CCNc2c(-c3ccccc3)sn(C(C)C)c2=O)cc1Cl. The summed E-state index contributed by atoms with van der Waals surface area (Å²) in [6.45, 7) is 4.69. The van der Waals surface area contributed by atoms with Crippen molar-refractivity contribution in [2.45, 2.75) is 26.3 Å². The van der Waals surface area contributed by atoms with Crippen molar-refractivity contribution in [3.05, 3.63) is 69.5 Å². The minimum Gasteiger partial charge on any atom is -0.495 e. The first-order valence-corrected chi connectivity index (χ1v) is 10.0. The van der Waals surface area contributed by atoms with Gasteiger partial charge < -0.3 is 10.1 Å². The molecule has 6 heteroatoms. The van der Waals surface area contributed by atoms with Gasteiger partial charge in [-0.2, -0.15) is 0 Å². The van der Waals surface area contributed by atoms with Gasteiger partial charge in [0.25, 0.3) is 5.56 Å². The van der Waals surface area contributed by atoms with E-state index in [1.165, 1.54) is 11.5 Å². The van der Waals surface area contributed by atoms with Crippen molar-refractivity contribution in [3.8, 4) is 16.2 Å². The number of rotatable bonds is 7. The number of nitrogens with one attached hydrogen (secondary N) is 1. The number of halogens is 1. The number of aromatic nitrogens is 1. The number of hydrogen-bond donors (Lipinski definition) is 1. The summed E-state index contributed by atoms with van der Waals surface area (Å²) in [5.41, 5.74) is 2.84. The van der Waals surface area contributed by atoms with Crippen LogP contribution >= 0.6 is 23.1 Å². The maximum Gasteiger partial charge on any atom is 0.284 e. The third-order valence-corrected chi connectivity index (χ3v) is 5.97. The summed E-state index contributed by atoms with van der Waals surface area (Å²) in [5.74, 6) is 0.664. The van der Waals surface area contributed by atoms with Crippen LogP contribution in [0.4, 0.5) is 5.69 Å². The Kier molecular flexibility index (Phi) is 6.24. The quantitative estimate of drug-likeness (QED) is 0.569. The van der Waals surface area contributed by atoms with Gasteiger partial charge in [-0.15, -0.1) is 0 Å². The fraction of sp³-hybridized carbons (Fsp3) is 0.286. The zero-order valence-corrected chi connectivity index (χ0v) is 17.2. The molecule has 2 aromatic carbocycles. The number of benzene rings is 2. The Bertz CT molecular complexity index is 964. The van der Waals surface area contributed by atoms with E-state index in [9.17, 15) is 4.79 Å². The predicted octanol–water partition coefficient (Wildman–Crippen LogP) is 5.47. The third kappa shape index (κ3) is 4.37. The number of ether oxygens (including phenoxy) is 1. The molecule has 0 aliphatic heterocycles. The molecule has 0 saturated carbocycles. The van der Waals surface area contributed by atoms with Crippen molar-refractivity contribution in [2.24, 2.45) is 0 Å². The van der Waals surface area contributed by atoms with Gasteiger partial charge in [-0.25, -0.2) is 0 Å². The van der Waals surface area contributed by atoms with Crippen molar-refractivity contribution >= 4 is 28.8 Å². The van der Waals surface area contributed by atoms with Gasteiger partial charge in [-0.05, 0) is 43.5 Å². The van der Waals surface area contributed by atoms with Gasteiger partial charge in [-0.1, -0.05) is 59.5 Å². The van der Waals surface area contributed by atoms with Crippen LogP contribution < -0.4 is 15.6 Å². The molecule has 0 aliphatic rings. The Morgan fingerprint density at radius 3 is 2.56 bits per heavy atom. The summed E-state index contributed by atoms with van der Waals surface area (Å²) < 4.78 is 7.00. The van der Waals surface area contributed by atoms with E-state index in [1.54, 1.807) is 7.11 Å². The normalized spacial score (nSPS) is 11.0. The molecule has 1 aromatic heterocycles. The lowest BCUT2D eigenvalue weighted by molar-refractivity contribution is 0.415. The van der Waals surface area contributed by atoms with E-state index in [0.717, 1.165) is 22.4 Å². The monoisotopic (exact) mass is 402 g/mol. The highest BCUT2D eigenvalue weighted by Gasteiger charge is 2.17. The zero-order valence-electron chi connectivity index (χ0n) is 15.7. The molecule has 27 heavy (non-hydrogen) atoms. The Hall–Kier alpha value is -2.24. The summed E-state index contributed by atoms with van der Waals surface area (Å²) >= 11 is 7.70. The van der Waals surface area contributed by atoms with E-state index in [0.29, 0.717) is 23.0 Å². The number of nitrogens with zero attached hydrogens (tertiary/aromatic N) is 1. The van der Waals surface area contributed by atoms with Crippen LogP contribution in [0.1, 0.15) is 25.5 Å². The maximum atomic E-state index is 12.9. The third-order valence-electron chi connectivity index (χ3n) is 4.27. The molecule has 4 nitrogen and oxygen atoms in total. The first-order chi connectivity index (χ1) is 13.0. The largest absolute Gasteiger partial charge is 0.495 e. The minimum absolute atomic E-state index is 0.0293. The van der Waals surface area contributed by atoms with Gasteiger partial charge in [0.2, 0.25) is 0 Å². The maximum absolute atomic E-state index is 12.9. The van der Waals surface area contributed by atoms with Gasteiger partial charge in [0.1, 0.15) is 11.4 Å². The fourth-order valence-corrected chi connectivity index (χ4v) is 4.23. The summed E-state index contributed by atoms with van der Waals surface area (Å²) in [6, 6.07) is 15.9. The Balaban J connectivity index is 1.82. The van der Waals surface area contributed by atoms with E-state index in [1.807, 2.05) is 66.3 Å². The predicted molar refractivity (Wildman–Crippen MR) is 115 cm³/mol. The Morgan fingerprint density at radius 1 is 1.19 bits per heavy atom. The summed E-state index contributed by atoms with van der Waals surface area (Å²) in [4.78, 5) is 13.8. The molecule has 0 amide bonds. The second-order valence-electron chi connectivity index (χ2n) is 6.53. The standard InChI is InChI=1S/C21H23ClN2O2S/c1-14(2)24-21(25)19(20(27-24)16-7-5-4-6-8-16)23-12-11-15-9-10-18(26-3)17(22)13-15/h4-10,13-14,23H,11-12H2,1-3H3. The summed E-state index contributed by atoms with van der Waals surface area (Å²) in [7, 11) is 1.60. The molecule has 3 aromatic rings. The van der Waals surface area contributed by atoms with E-state index >= 15 is 0 Å². The highest BCUT2D eigenvalue weighted by molar-refractivity contribution is 7.11. The second-order valence-corrected chi connectivity index (χ2v) is 7.92. The van der Waals surface area contributed by atoms with Gasteiger partial charge in [0.05, 0.1) is 17.0 Å². The first kappa shape index (κ1) is 19.5.